The van der Waals surface area contributed by atoms with E-state index in [1.165, 1.54) is 12.1 Å². The van der Waals surface area contributed by atoms with Gasteiger partial charge in [-0.2, -0.15) is 0 Å². The molecule has 1 atom stereocenters. The molecule has 2 aromatic carbocycles. The Morgan fingerprint density at radius 2 is 2.00 bits per heavy atom. The average Bonchev–Trinajstić information content (AvgIpc) is 2.62. The molecule has 142 valence electrons. The van der Waals surface area contributed by atoms with Crippen LogP contribution >= 0.6 is 23.2 Å². The number of amides is 1. The third kappa shape index (κ3) is 5.22. The quantitative estimate of drug-likeness (QED) is 0.731. The molecule has 0 aromatic heterocycles. The molecule has 0 fully saturated rings. The molecule has 1 aliphatic rings. The summed E-state index contributed by atoms with van der Waals surface area (Å²) in [5, 5.41) is 4.26. The number of fused-ring (bicyclic) bond motifs is 1. The van der Waals surface area contributed by atoms with Crippen molar-refractivity contribution in [3.63, 3.8) is 0 Å². The van der Waals surface area contributed by atoms with Crippen molar-refractivity contribution in [1.82, 2.24) is 5.32 Å². The van der Waals surface area contributed by atoms with Crippen LogP contribution in [0.25, 0.3) is 6.08 Å². The third-order valence-corrected chi connectivity index (χ3v) is 4.84. The summed E-state index contributed by atoms with van der Waals surface area (Å²) in [4.78, 5) is 11.7. The minimum atomic E-state index is -0.399. The Morgan fingerprint density at radius 3 is 2.70 bits per heavy atom. The molecule has 0 saturated heterocycles. The SMILES string of the molecule is NC(=O)C(CNCC1=Cc2cc(Cl)cc(Cl)c2OC1)Cc1ccc(F)cc1. The molecule has 1 heterocycles. The number of nitrogens with one attached hydrogen (secondary N) is 1. The molecule has 2 aromatic rings. The highest BCUT2D eigenvalue weighted by Gasteiger charge is 2.18. The number of primary amides is 1. The highest BCUT2D eigenvalue weighted by molar-refractivity contribution is 6.36. The van der Waals surface area contributed by atoms with Gasteiger partial charge in [-0.25, -0.2) is 4.39 Å². The topological polar surface area (TPSA) is 64.4 Å². The van der Waals surface area contributed by atoms with Crippen molar-refractivity contribution in [2.45, 2.75) is 6.42 Å². The lowest BCUT2D eigenvalue weighted by Gasteiger charge is -2.21. The Morgan fingerprint density at radius 1 is 1.26 bits per heavy atom. The van der Waals surface area contributed by atoms with E-state index >= 15 is 0 Å². The van der Waals surface area contributed by atoms with Gasteiger partial charge in [-0.05, 0) is 47.9 Å². The summed E-state index contributed by atoms with van der Waals surface area (Å²) >= 11 is 12.2. The molecule has 3 N–H and O–H groups in total. The van der Waals surface area contributed by atoms with Crippen LogP contribution in [0.15, 0.2) is 42.0 Å². The lowest BCUT2D eigenvalue weighted by atomic mass is 9.98. The van der Waals surface area contributed by atoms with Crippen LogP contribution in [-0.2, 0) is 11.2 Å². The van der Waals surface area contributed by atoms with Gasteiger partial charge in [0.2, 0.25) is 5.91 Å². The number of ether oxygens (including phenoxy) is 1. The lowest BCUT2D eigenvalue weighted by Crippen LogP contribution is -2.35. The molecular weight excluding hydrogens is 390 g/mol. The number of carbonyl (C=O) groups excluding carboxylic acids is 1. The largest absolute Gasteiger partial charge is 0.487 e. The number of hydrogen-bond donors (Lipinski definition) is 2. The fraction of sp³-hybridized carbons (Fsp3) is 0.250. The number of halogens is 3. The van der Waals surface area contributed by atoms with E-state index in [9.17, 15) is 9.18 Å². The van der Waals surface area contributed by atoms with E-state index < -0.39 is 11.8 Å². The maximum Gasteiger partial charge on any atom is 0.222 e. The summed E-state index contributed by atoms with van der Waals surface area (Å²) in [6, 6.07) is 9.51. The van der Waals surface area contributed by atoms with Crippen LogP contribution in [0.1, 0.15) is 11.1 Å². The molecule has 0 aliphatic carbocycles. The highest BCUT2D eigenvalue weighted by Crippen LogP contribution is 2.36. The summed E-state index contributed by atoms with van der Waals surface area (Å²) in [5.41, 5.74) is 8.20. The first-order valence-electron chi connectivity index (χ1n) is 8.48. The van der Waals surface area contributed by atoms with Crippen molar-refractivity contribution in [3.05, 3.63) is 69.0 Å². The first kappa shape index (κ1) is 19.7. The van der Waals surface area contributed by atoms with Gasteiger partial charge in [0.1, 0.15) is 18.2 Å². The molecule has 0 radical (unpaired) electrons. The molecule has 1 amide bonds. The van der Waals surface area contributed by atoms with Crippen LogP contribution in [0, 0.1) is 11.7 Å². The van der Waals surface area contributed by atoms with Crippen LogP contribution in [0.3, 0.4) is 0 Å². The van der Waals surface area contributed by atoms with Crippen LogP contribution in [0.5, 0.6) is 5.75 Å². The molecular formula is C20H19Cl2FN2O2. The van der Waals surface area contributed by atoms with E-state index in [0.717, 1.165) is 16.7 Å². The molecule has 3 rings (SSSR count). The Hall–Kier alpha value is -2.08. The van der Waals surface area contributed by atoms with E-state index in [2.05, 4.69) is 5.32 Å². The van der Waals surface area contributed by atoms with Gasteiger partial charge in [0, 0.05) is 23.7 Å². The maximum atomic E-state index is 13.0. The van der Waals surface area contributed by atoms with Crippen molar-refractivity contribution in [3.8, 4) is 5.75 Å². The fourth-order valence-corrected chi connectivity index (χ4v) is 3.52. The summed E-state index contributed by atoms with van der Waals surface area (Å²) in [5.74, 6) is -0.477. The van der Waals surface area contributed by atoms with Crippen molar-refractivity contribution in [2.24, 2.45) is 11.7 Å². The zero-order valence-electron chi connectivity index (χ0n) is 14.5. The van der Waals surface area contributed by atoms with Gasteiger partial charge in [-0.3, -0.25) is 4.79 Å². The molecule has 4 nitrogen and oxygen atoms in total. The number of benzene rings is 2. The number of carbonyl (C=O) groups is 1. The molecule has 0 bridgehead atoms. The zero-order chi connectivity index (χ0) is 19.4. The molecule has 0 saturated carbocycles. The van der Waals surface area contributed by atoms with Crippen molar-refractivity contribution in [2.75, 3.05) is 19.7 Å². The van der Waals surface area contributed by atoms with Crippen LogP contribution < -0.4 is 15.8 Å². The number of nitrogens with two attached hydrogens (primary N) is 1. The second-order valence-electron chi connectivity index (χ2n) is 6.46. The first-order chi connectivity index (χ1) is 12.9. The lowest BCUT2D eigenvalue weighted by molar-refractivity contribution is -0.121. The zero-order valence-corrected chi connectivity index (χ0v) is 16.0. The summed E-state index contributed by atoms with van der Waals surface area (Å²) in [6.07, 6.45) is 2.43. The second-order valence-corrected chi connectivity index (χ2v) is 7.30. The van der Waals surface area contributed by atoms with Crippen LogP contribution in [0.2, 0.25) is 10.0 Å². The number of hydrogen-bond acceptors (Lipinski definition) is 3. The third-order valence-electron chi connectivity index (χ3n) is 4.34. The van der Waals surface area contributed by atoms with Gasteiger partial charge in [-0.15, -0.1) is 0 Å². The van der Waals surface area contributed by atoms with Gasteiger partial charge in [0.15, 0.2) is 0 Å². The second kappa shape index (κ2) is 8.74. The van der Waals surface area contributed by atoms with Gasteiger partial charge >= 0.3 is 0 Å². The Labute approximate surface area is 167 Å². The molecule has 1 aliphatic heterocycles. The molecule has 27 heavy (non-hydrogen) atoms. The minimum Gasteiger partial charge on any atom is -0.487 e. The Kier molecular flexibility index (Phi) is 6.37. The summed E-state index contributed by atoms with van der Waals surface area (Å²) in [7, 11) is 0. The Balaban J connectivity index is 1.59. The van der Waals surface area contributed by atoms with Crippen molar-refractivity contribution >= 4 is 35.2 Å². The maximum absolute atomic E-state index is 13.0. The van der Waals surface area contributed by atoms with E-state index in [0.29, 0.717) is 41.9 Å². The van der Waals surface area contributed by atoms with Crippen LogP contribution in [-0.4, -0.2) is 25.6 Å². The van der Waals surface area contributed by atoms with Crippen LogP contribution in [0.4, 0.5) is 4.39 Å². The van der Waals surface area contributed by atoms with Crippen molar-refractivity contribution in [1.29, 1.82) is 0 Å². The summed E-state index contributed by atoms with van der Waals surface area (Å²) in [6.45, 7) is 1.35. The predicted molar refractivity (Wildman–Crippen MR) is 106 cm³/mol. The van der Waals surface area contributed by atoms with E-state index in [1.54, 1.807) is 24.3 Å². The highest BCUT2D eigenvalue weighted by atomic mass is 35.5. The van der Waals surface area contributed by atoms with Gasteiger partial charge in [-0.1, -0.05) is 35.3 Å². The smallest absolute Gasteiger partial charge is 0.222 e. The minimum absolute atomic E-state index is 0.308. The van der Waals surface area contributed by atoms with E-state index in [4.69, 9.17) is 33.7 Å². The van der Waals surface area contributed by atoms with E-state index in [1.807, 2.05) is 6.08 Å². The standard InChI is InChI=1S/C20H19Cl2FN2O2/c21-16-7-14-6-13(11-27-19(14)18(22)8-16)9-25-10-15(20(24)26)5-12-1-3-17(23)4-2-12/h1-4,6-8,15,25H,5,9-11H2,(H2,24,26). The Bertz CT molecular complexity index is 869. The van der Waals surface area contributed by atoms with Gasteiger partial charge in [0.05, 0.1) is 10.9 Å². The monoisotopic (exact) mass is 408 g/mol. The molecule has 7 heteroatoms. The number of rotatable bonds is 7. The first-order valence-corrected chi connectivity index (χ1v) is 9.23. The van der Waals surface area contributed by atoms with Crippen molar-refractivity contribution < 1.29 is 13.9 Å². The van der Waals surface area contributed by atoms with Gasteiger partial charge < -0.3 is 15.8 Å². The molecule has 1 unspecified atom stereocenters. The summed E-state index contributed by atoms with van der Waals surface area (Å²) < 4.78 is 18.7. The van der Waals surface area contributed by atoms with E-state index in [-0.39, 0.29) is 5.82 Å². The molecule has 0 spiro atoms. The average molecular weight is 409 g/mol. The van der Waals surface area contributed by atoms with Gasteiger partial charge in [0.25, 0.3) is 0 Å². The predicted octanol–water partition coefficient (Wildman–Crippen LogP) is 3.84. The normalized spacial score (nSPS) is 14.1. The fourth-order valence-electron chi connectivity index (χ4n) is 2.95.